The smallest absolute Gasteiger partial charge is 0.233 e. The summed E-state index contributed by atoms with van der Waals surface area (Å²) in [4.78, 5) is 13.0. The average molecular weight is 321 g/mol. The third kappa shape index (κ3) is 4.56. The Bertz CT molecular complexity index is 628. The van der Waals surface area contributed by atoms with Gasteiger partial charge in [-0.1, -0.05) is 12.1 Å². The molecule has 116 valence electrons. The van der Waals surface area contributed by atoms with Crippen LogP contribution in [0.3, 0.4) is 0 Å². The first-order valence-electron chi connectivity index (χ1n) is 6.94. The normalized spacial score (nSPS) is 13.5. The first-order chi connectivity index (χ1) is 10.5. The van der Waals surface area contributed by atoms with Gasteiger partial charge >= 0.3 is 0 Å². The van der Waals surface area contributed by atoms with Gasteiger partial charge < -0.3 is 5.32 Å². The van der Waals surface area contributed by atoms with Gasteiger partial charge in [0.25, 0.3) is 0 Å². The van der Waals surface area contributed by atoms with Crippen LogP contribution in [0.4, 0.5) is 8.78 Å². The van der Waals surface area contributed by atoms with Crippen molar-refractivity contribution in [2.45, 2.75) is 30.0 Å². The standard InChI is InChI=1S/C17H17F2NOS/c1-11(13-3-5-14(18)6-4-13)20-17(21)12(2)22-16-9-7-15(19)8-10-16/h3-12H,1-2H3,(H,20,21). The van der Waals surface area contributed by atoms with Gasteiger partial charge in [-0.25, -0.2) is 8.78 Å². The van der Waals surface area contributed by atoms with Crippen LogP contribution in [0.2, 0.25) is 0 Å². The highest BCUT2D eigenvalue weighted by Crippen LogP contribution is 2.24. The van der Waals surface area contributed by atoms with Crippen molar-refractivity contribution in [3.8, 4) is 0 Å². The molecule has 0 aromatic heterocycles. The van der Waals surface area contributed by atoms with E-state index in [1.807, 2.05) is 6.92 Å². The van der Waals surface area contributed by atoms with Crippen molar-refractivity contribution in [2.24, 2.45) is 0 Å². The molecule has 22 heavy (non-hydrogen) atoms. The summed E-state index contributed by atoms with van der Waals surface area (Å²) in [5, 5.41) is 2.58. The highest BCUT2D eigenvalue weighted by Gasteiger charge is 2.17. The number of carbonyl (C=O) groups excluding carboxylic acids is 1. The van der Waals surface area contributed by atoms with Crippen LogP contribution in [0.25, 0.3) is 0 Å². The first kappa shape index (κ1) is 16.5. The van der Waals surface area contributed by atoms with Gasteiger partial charge in [-0.3, -0.25) is 4.79 Å². The molecule has 2 atom stereocenters. The molecular formula is C17H17F2NOS. The topological polar surface area (TPSA) is 29.1 Å². The molecule has 0 aliphatic heterocycles. The lowest BCUT2D eigenvalue weighted by Gasteiger charge is -2.17. The van der Waals surface area contributed by atoms with E-state index < -0.39 is 0 Å². The lowest BCUT2D eigenvalue weighted by Crippen LogP contribution is -2.33. The van der Waals surface area contributed by atoms with E-state index in [1.165, 1.54) is 36.0 Å². The third-order valence-electron chi connectivity index (χ3n) is 3.22. The fraction of sp³-hybridized carbons (Fsp3) is 0.235. The van der Waals surface area contributed by atoms with Crippen LogP contribution in [-0.4, -0.2) is 11.2 Å². The quantitative estimate of drug-likeness (QED) is 0.831. The van der Waals surface area contributed by atoms with E-state index in [4.69, 9.17) is 0 Å². The summed E-state index contributed by atoms with van der Waals surface area (Å²) < 4.78 is 25.7. The zero-order valence-electron chi connectivity index (χ0n) is 12.3. The molecule has 0 aliphatic rings. The summed E-state index contributed by atoms with van der Waals surface area (Å²) >= 11 is 1.36. The van der Waals surface area contributed by atoms with Crippen LogP contribution in [0, 0.1) is 11.6 Å². The lowest BCUT2D eigenvalue weighted by atomic mass is 10.1. The van der Waals surface area contributed by atoms with Gasteiger partial charge in [-0.2, -0.15) is 0 Å². The summed E-state index contributed by atoms with van der Waals surface area (Å²) in [5.41, 5.74) is 0.841. The van der Waals surface area contributed by atoms with Crippen LogP contribution in [-0.2, 0) is 4.79 Å². The van der Waals surface area contributed by atoms with Crippen molar-refractivity contribution in [3.63, 3.8) is 0 Å². The summed E-state index contributed by atoms with van der Waals surface area (Å²) in [6, 6.07) is 11.9. The van der Waals surface area contributed by atoms with Gasteiger partial charge in [-0.15, -0.1) is 11.8 Å². The fourth-order valence-electron chi connectivity index (χ4n) is 1.94. The Hall–Kier alpha value is -1.88. The molecule has 0 saturated carbocycles. The molecule has 0 radical (unpaired) electrons. The molecule has 5 heteroatoms. The molecule has 2 aromatic rings. The van der Waals surface area contributed by atoms with E-state index in [0.717, 1.165) is 10.5 Å². The minimum atomic E-state index is -0.312. The number of benzene rings is 2. The Morgan fingerprint density at radius 2 is 1.45 bits per heavy atom. The molecule has 0 saturated heterocycles. The van der Waals surface area contributed by atoms with Gasteiger partial charge in [0, 0.05) is 4.90 Å². The zero-order valence-corrected chi connectivity index (χ0v) is 13.2. The number of nitrogens with one attached hydrogen (secondary N) is 1. The minimum absolute atomic E-state index is 0.119. The Morgan fingerprint density at radius 3 is 2.00 bits per heavy atom. The second-order valence-electron chi connectivity index (χ2n) is 5.00. The lowest BCUT2D eigenvalue weighted by molar-refractivity contribution is -0.120. The van der Waals surface area contributed by atoms with Gasteiger partial charge in [-0.05, 0) is 55.8 Å². The summed E-state index contributed by atoms with van der Waals surface area (Å²) in [7, 11) is 0. The number of carbonyl (C=O) groups is 1. The maximum Gasteiger partial charge on any atom is 0.233 e. The second kappa shape index (κ2) is 7.40. The van der Waals surface area contributed by atoms with E-state index >= 15 is 0 Å². The Balaban J connectivity index is 1.93. The third-order valence-corrected chi connectivity index (χ3v) is 4.34. The van der Waals surface area contributed by atoms with E-state index in [9.17, 15) is 13.6 Å². The number of rotatable bonds is 5. The largest absolute Gasteiger partial charge is 0.349 e. The van der Waals surface area contributed by atoms with E-state index in [1.54, 1.807) is 31.2 Å². The van der Waals surface area contributed by atoms with Crippen molar-refractivity contribution >= 4 is 17.7 Å². The monoisotopic (exact) mass is 321 g/mol. The van der Waals surface area contributed by atoms with Crippen LogP contribution in [0.1, 0.15) is 25.5 Å². The number of amides is 1. The van der Waals surface area contributed by atoms with Gasteiger partial charge in [0.15, 0.2) is 0 Å². The maximum absolute atomic E-state index is 12.9. The van der Waals surface area contributed by atoms with Crippen molar-refractivity contribution in [2.75, 3.05) is 0 Å². The zero-order chi connectivity index (χ0) is 16.1. The van der Waals surface area contributed by atoms with Gasteiger partial charge in [0.05, 0.1) is 11.3 Å². The van der Waals surface area contributed by atoms with Gasteiger partial charge in [0.1, 0.15) is 11.6 Å². The second-order valence-corrected chi connectivity index (χ2v) is 6.41. The molecule has 1 amide bonds. The van der Waals surface area contributed by atoms with Gasteiger partial charge in [0.2, 0.25) is 5.91 Å². The van der Waals surface area contributed by atoms with Crippen LogP contribution in [0.5, 0.6) is 0 Å². The predicted molar refractivity (Wildman–Crippen MR) is 84.7 cm³/mol. The van der Waals surface area contributed by atoms with E-state index in [-0.39, 0.29) is 28.8 Å². The number of hydrogen-bond donors (Lipinski definition) is 1. The van der Waals surface area contributed by atoms with Crippen LogP contribution < -0.4 is 5.32 Å². The van der Waals surface area contributed by atoms with E-state index in [2.05, 4.69) is 5.32 Å². The molecule has 2 aromatic carbocycles. The highest BCUT2D eigenvalue weighted by molar-refractivity contribution is 8.00. The number of hydrogen-bond acceptors (Lipinski definition) is 2. The summed E-state index contributed by atoms with van der Waals surface area (Å²) in [6.45, 7) is 3.64. The first-order valence-corrected chi connectivity index (χ1v) is 7.82. The molecule has 2 rings (SSSR count). The summed E-state index contributed by atoms with van der Waals surface area (Å²) in [6.07, 6.45) is 0. The Kier molecular flexibility index (Phi) is 5.55. The molecule has 0 fully saturated rings. The molecule has 0 spiro atoms. The van der Waals surface area contributed by atoms with Crippen molar-refractivity contribution < 1.29 is 13.6 Å². The SMILES string of the molecule is CC(Sc1ccc(F)cc1)C(=O)NC(C)c1ccc(F)cc1. The van der Waals surface area contributed by atoms with Crippen LogP contribution >= 0.6 is 11.8 Å². The average Bonchev–Trinajstić information content (AvgIpc) is 2.50. The molecule has 1 N–H and O–H groups in total. The highest BCUT2D eigenvalue weighted by atomic mass is 32.2. The van der Waals surface area contributed by atoms with Crippen molar-refractivity contribution in [1.82, 2.24) is 5.32 Å². The van der Waals surface area contributed by atoms with E-state index in [0.29, 0.717) is 0 Å². The molecular weight excluding hydrogens is 304 g/mol. The molecule has 2 nitrogen and oxygen atoms in total. The van der Waals surface area contributed by atoms with Crippen molar-refractivity contribution in [1.29, 1.82) is 0 Å². The molecule has 0 heterocycles. The maximum atomic E-state index is 12.9. The number of thioether (sulfide) groups is 1. The minimum Gasteiger partial charge on any atom is -0.349 e. The predicted octanol–water partition coefficient (Wildman–Crippen LogP) is 4.32. The fourth-order valence-corrected chi connectivity index (χ4v) is 2.81. The summed E-state index contributed by atoms with van der Waals surface area (Å²) in [5.74, 6) is -0.722. The van der Waals surface area contributed by atoms with Crippen molar-refractivity contribution in [3.05, 3.63) is 65.7 Å². The Morgan fingerprint density at radius 1 is 0.955 bits per heavy atom. The Labute approximate surface area is 132 Å². The number of halogens is 2. The molecule has 0 bridgehead atoms. The molecule has 2 unspecified atom stereocenters. The molecule has 0 aliphatic carbocycles. The van der Waals surface area contributed by atoms with Crippen LogP contribution in [0.15, 0.2) is 53.4 Å².